The van der Waals surface area contributed by atoms with Crippen molar-refractivity contribution in [2.75, 3.05) is 13.7 Å². The molecule has 0 radical (unpaired) electrons. The lowest BCUT2D eigenvalue weighted by Gasteiger charge is -2.09. The van der Waals surface area contributed by atoms with E-state index in [0.29, 0.717) is 11.7 Å². The number of hydrogen-bond acceptors (Lipinski definition) is 3. The van der Waals surface area contributed by atoms with Crippen LogP contribution < -0.4 is 15.5 Å². The lowest BCUT2D eigenvalue weighted by molar-refractivity contribution is 0.336. The lowest BCUT2D eigenvalue weighted by Crippen LogP contribution is -2.28. The number of rotatable bonds is 4. The molecule has 1 aromatic carbocycles. The molecule has 7 heteroatoms. The molecule has 0 atom stereocenters. The number of halogens is 2. The van der Waals surface area contributed by atoms with Crippen molar-refractivity contribution in [3.05, 3.63) is 26.6 Å². The van der Waals surface area contributed by atoms with E-state index in [9.17, 15) is 0 Å². The van der Waals surface area contributed by atoms with Crippen LogP contribution in [0.3, 0.4) is 0 Å². The zero-order valence-corrected chi connectivity index (χ0v) is 13.9. The number of hydrogen-bond donors (Lipinski definition) is 2. The SMILES string of the molecule is CCOc1c(Br)cc(/C=N/NC(=S)NC)cc1Br. The van der Waals surface area contributed by atoms with Gasteiger partial charge in [0.15, 0.2) is 5.11 Å². The predicted octanol–water partition coefficient (Wildman–Crippen LogP) is 3.04. The minimum Gasteiger partial charge on any atom is -0.492 e. The largest absolute Gasteiger partial charge is 0.492 e. The highest BCUT2D eigenvalue weighted by molar-refractivity contribution is 9.11. The molecule has 2 N–H and O–H groups in total. The smallest absolute Gasteiger partial charge is 0.186 e. The van der Waals surface area contributed by atoms with Gasteiger partial charge in [-0.15, -0.1) is 0 Å². The first-order valence-corrected chi connectivity index (χ1v) is 7.20. The van der Waals surface area contributed by atoms with E-state index in [4.69, 9.17) is 17.0 Å². The van der Waals surface area contributed by atoms with Gasteiger partial charge in [0, 0.05) is 7.05 Å². The molecule has 0 aliphatic carbocycles. The Morgan fingerprint density at radius 3 is 2.56 bits per heavy atom. The molecule has 1 rings (SSSR count). The van der Waals surface area contributed by atoms with Gasteiger partial charge in [-0.1, -0.05) is 0 Å². The van der Waals surface area contributed by atoms with Crippen molar-refractivity contribution in [2.45, 2.75) is 6.92 Å². The molecule has 0 saturated heterocycles. The van der Waals surface area contributed by atoms with Crippen LogP contribution in [0.4, 0.5) is 0 Å². The molecular weight excluding hydrogens is 382 g/mol. The average Bonchev–Trinajstić information content (AvgIpc) is 2.33. The second-order valence-corrected chi connectivity index (χ2v) is 5.31. The van der Waals surface area contributed by atoms with Crippen LogP contribution in [0.5, 0.6) is 5.75 Å². The summed E-state index contributed by atoms with van der Waals surface area (Å²) in [6, 6.07) is 3.84. The number of ether oxygens (including phenoxy) is 1. The molecule has 18 heavy (non-hydrogen) atoms. The zero-order valence-electron chi connectivity index (χ0n) is 9.96. The van der Waals surface area contributed by atoms with Crippen molar-refractivity contribution in [3.63, 3.8) is 0 Å². The highest BCUT2D eigenvalue weighted by atomic mass is 79.9. The van der Waals surface area contributed by atoms with Crippen molar-refractivity contribution >= 4 is 55.4 Å². The van der Waals surface area contributed by atoms with Crippen LogP contribution in [0, 0.1) is 0 Å². The van der Waals surface area contributed by atoms with Crippen LogP contribution in [0.25, 0.3) is 0 Å². The Labute approximate surface area is 128 Å². The first kappa shape index (κ1) is 15.4. The van der Waals surface area contributed by atoms with Crippen LogP contribution in [-0.4, -0.2) is 25.0 Å². The number of nitrogens with zero attached hydrogens (tertiary/aromatic N) is 1. The fourth-order valence-corrected chi connectivity index (χ4v) is 2.66. The third-order valence-electron chi connectivity index (χ3n) is 1.92. The molecule has 0 bridgehead atoms. The standard InChI is InChI=1S/C11H13Br2N3OS/c1-3-17-10-8(12)4-7(5-9(10)13)6-15-16-11(18)14-2/h4-6H,3H2,1-2H3,(H2,14,16,18)/b15-6+. The van der Waals surface area contributed by atoms with Gasteiger partial charge >= 0.3 is 0 Å². The normalized spacial score (nSPS) is 10.4. The highest BCUT2D eigenvalue weighted by Gasteiger charge is 2.07. The third kappa shape index (κ3) is 4.55. The molecular formula is C11H13Br2N3OS. The molecule has 4 nitrogen and oxygen atoms in total. The maximum atomic E-state index is 5.50. The molecule has 0 fully saturated rings. The summed E-state index contributed by atoms with van der Waals surface area (Å²) in [6.45, 7) is 2.56. The fraction of sp³-hybridized carbons (Fsp3) is 0.273. The number of hydrazone groups is 1. The summed E-state index contributed by atoms with van der Waals surface area (Å²) in [4.78, 5) is 0. The molecule has 1 aromatic rings. The zero-order chi connectivity index (χ0) is 13.5. The molecule has 0 heterocycles. The molecule has 0 aliphatic rings. The summed E-state index contributed by atoms with van der Waals surface area (Å²) in [7, 11) is 1.73. The van der Waals surface area contributed by atoms with Crippen LogP contribution >= 0.6 is 44.1 Å². The topological polar surface area (TPSA) is 45.6 Å². The van der Waals surface area contributed by atoms with Crippen molar-refractivity contribution in [2.24, 2.45) is 5.10 Å². The summed E-state index contributed by atoms with van der Waals surface area (Å²) in [5, 5.41) is 7.24. The molecule has 0 spiro atoms. The minimum atomic E-state index is 0.468. The predicted molar refractivity (Wildman–Crippen MR) is 85.4 cm³/mol. The summed E-state index contributed by atoms with van der Waals surface area (Å²) in [5.41, 5.74) is 3.61. The van der Waals surface area contributed by atoms with Gasteiger partial charge in [0.25, 0.3) is 0 Å². The second kappa shape index (κ2) is 7.70. The molecule has 0 amide bonds. The van der Waals surface area contributed by atoms with E-state index in [-0.39, 0.29) is 0 Å². The number of benzene rings is 1. The van der Waals surface area contributed by atoms with Crippen LogP contribution in [-0.2, 0) is 0 Å². The summed E-state index contributed by atoms with van der Waals surface area (Å²) < 4.78 is 7.24. The van der Waals surface area contributed by atoms with Gasteiger partial charge in [-0.05, 0) is 68.7 Å². The highest BCUT2D eigenvalue weighted by Crippen LogP contribution is 2.34. The van der Waals surface area contributed by atoms with Crippen LogP contribution in [0.1, 0.15) is 12.5 Å². The van der Waals surface area contributed by atoms with E-state index in [1.54, 1.807) is 13.3 Å². The Morgan fingerprint density at radius 2 is 2.06 bits per heavy atom. The lowest BCUT2D eigenvalue weighted by atomic mass is 10.2. The van der Waals surface area contributed by atoms with Crippen molar-refractivity contribution in [1.82, 2.24) is 10.7 Å². The maximum Gasteiger partial charge on any atom is 0.186 e. The maximum absolute atomic E-state index is 5.50. The van der Waals surface area contributed by atoms with Crippen molar-refractivity contribution < 1.29 is 4.74 Å². The quantitative estimate of drug-likeness (QED) is 0.468. The molecule has 98 valence electrons. The summed E-state index contributed by atoms with van der Waals surface area (Å²) >= 11 is 11.8. The van der Waals surface area contributed by atoms with Gasteiger partial charge in [-0.25, -0.2) is 0 Å². The number of thiocarbonyl (C=S) groups is 1. The molecule has 0 unspecified atom stereocenters. The second-order valence-electron chi connectivity index (χ2n) is 3.20. The molecule has 0 aliphatic heterocycles. The third-order valence-corrected chi connectivity index (χ3v) is 3.39. The van der Waals surface area contributed by atoms with Gasteiger partial charge in [0.1, 0.15) is 5.75 Å². The average molecular weight is 395 g/mol. The van der Waals surface area contributed by atoms with E-state index in [1.165, 1.54) is 0 Å². The van der Waals surface area contributed by atoms with Gasteiger partial charge < -0.3 is 10.1 Å². The van der Waals surface area contributed by atoms with Crippen LogP contribution in [0.15, 0.2) is 26.2 Å². The summed E-state index contributed by atoms with van der Waals surface area (Å²) in [5.74, 6) is 0.786. The van der Waals surface area contributed by atoms with E-state index in [1.807, 2.05) is 19.1 Å². The van der Waals surface area contributed by atoms with Gasteiger partial charge in [0.2, 0.25) is 0 Å². The Balaban J connectivity index is 2.83. The van der Waals surface area contributed by atoms with Gasteiger partial charge in [0.05, 0.1) is 21.8 Å². The van der Waals surface area contributed by atoms with Gasteiger partial charge in [-0.3, -0.25) is 5.43 Å². The first-order chi connectivity index (χ1) is 8.58. The Kier molecular flexibility index (Phi) is 6.59. The fourth-order valence-electron chi connectivity index (χ4n) is 1.16. The van der Waals surface area contributed by atoms with E-state index in [2.05, 4.69) is 47.7 Å². The monoisotopic (exact) mass is 393 g/mol. The van der Waals surface area contributed by atoms with Crippen molar-refractivity contribution in [1.29, 1.82) is 0 Å². The number of nitrogens with one attached hydrogen (secondary N) is 2. The Bertz CT molecular complexity index is 443. The van der Waals surface area contributed by atoms with Crippen LogP contribution in [0.2, 0.25) is 0 Å². The van der Waals surface area contributed by atoms with E-state index >= 15 is 0 Å². The summed E-state index contributed by atoms with van der Waals surface area (Å²) in [6.07, 6.45) is 1.68. The van der Waals surface area contributed by atoms with E-state index in [0.717, 1.165) is 20.3 Å². The molecule has 0 saturated carbocycles. The van der Waals surface area contributed by atoms with Crippen molar-refractivity contribution in [3.8, 4) is 5.75 Å². The van der Waals surface area contributed by atoms with E-state index < -0.39 is 0 Å². The minimum absolute atomic E-state index is 0.468. The first-order valence-electron chi connectivity index (χ1n) is 5.21. The Morgan fingerprint density at radius 1 is 1.44 bits per heavy atom. The Hall–Kier alpha value is -0.660. The molecule has 0 aromatic heterocycles. The van der Waals surface area contributed by atoms with Gasteiger partial charge in [-0.2, -0.15) is 5.10 Å².